The van der Waals surface area contributed by atoms with E-state index in [-0.39, 0.29) is 17.2 Å². The number of nitrogens with one attached hydrogen (secondary N) is 1. The van der Waals surface area contributed by atoms with E-state index in [1.807, 2.05) is 17.5 Å². The van der Waals surface area contributed by atoms with Crippen molar-refractivity contribution in [2.75, 3.05) is 0 Å². The molecule has 0 radical (unpaired) electrons. The van der Waals surface area contributed by atoms with Crippen molar-refractivity contribution in [3.63, 3.8) is 0 Å². The minimum atomic E-state index is -0.685. The predicted molar refractivity (Wildman–Crippen MR) is 87.7 cm³/mol. The molecule has 2 aromatic heterocycles. The monoisotopic (exact) mass is 350 g/mol. The molecule has 1 amide bonds. The Hall–Kier alpha value is -2.12. The highest BCUT2D eigenvalue weighted by Crippen LogP contribution is 2.28. The molecule has 0 aliphatic heterocycles. The van der Waals surface area contributed by atoms with Gasteiger partial charge in [0.1, 0.15) is 22.3 Å². The van der Waals surface area contributed by atoms with Crippen molar-refractivity contribution >= 4 is 28.6 Å². The van der Waals surface area contributed by atoms with Gasteiger partial charge in [-0.1, -0.05) is 12.1 Å². The highest BCUT2D eigenvalue weighted by molar-refractivity contribution is 7.20. The van der Waals surface area contributed by atoms with Crippen molar-refractivity contribution in [1.29, 1.82) is 0 Å². The quantitative estimate of drug-likeness (QED) is 0.745. The second kappa shape index (κ2) is 6.55. The third-order valence-corrected chi connectivity index (χ3v) is 5.13. The fourth-order valence-electron chi connectivity index (χ4n) is 2.09. The van der Waals surface area contributed by atoms with Crippen LogP contribution in [0.5, 0.6) is 0 Å². The first-order valence-corrected chi connectivity index (χ1v) is 8.56. The molecule has 1 unspecified atom stereocenters. The second-order valence-electron chi connectivity index (χ2n) is 4.88. The summed E-state index contributed by atoms with van der Waals surface area (Å²) in [5.74, 6) is -1.72. The number of hydrogen-bond acceptors (Lipinski definition) is 4. The molecule has 3 rings (SSSR count). The number of rotatable bonds is 4. The smallest absolute Gasteiger partial charge is 0.271 e. The van der Waals surface area contributed by atoms with Crippen molar-refractivity contribution in [1.82, 2.24) is 10.3 Å². The highest BCUT2D eigenvalue weighted by atomic mass is 32.1. The Labute approximate surface area is 139 Å². The van der Waals surface area contributed by atoms with Gasteiger partial charge in [0.2, 0.25) is 0 Å². The first kappa shape index (κ1) is 15.8. The van der Waals surface area contributed by atoms with Crippen LogP contribution in [-0.4, -0.2) is 10.9 Å². The normalized spacial score (nSPS) is 12.1. The maximum absolute atomic E-state index is 13.7. The molecule has 1 N–H and O–H groups in total. The number of nitrogens with zero attached hydrogens (tertiary/aromatic N) is 1. The first-order valence-electron chi connectivity index (χ1n) is 6.80. The number of aromatic nitrogens is 1. The third kappa shape index (κ3) is 3.46. The third-order valence-electron chi connectivity index (χ3n) is 3.25. The fourth-order valence-corrected chi connectivity index (χ4v) is 3.71. The van der Waals surface area contributed by atoms with Crippen LogP contribution in [0.15, 0.2) is 41.1 Å². The SMILES string of the molecule is CC(NC(=O)c1csc(-c2cccs2)n1)c1ccc(F)cc1F. The van der Waals surface area contributed by atoms with Gasteiger partial charge in [0, 0.05) is 17.0 Å². The van der Waals surface area contributed by atoms with Crippen LogP contribution < -0.4 is 5.32 Å². The van der Waals surface area contributed by atoms with Gasteiger partial charge in [-0.15, -0.1) is 22.7 Å². The number of carbonyl (C=O) groups excluding carboxylic acids is 1. The molecule has 118 valence electrons. The molecule has 0 fully saturated rings. The van der Waals surface area contributed by atoms with E-state index in [1.165, 1.54) is 23.5 Å². The molecule has 0 aliphatic rings. The van der Waals surface area contributed by atoms with Crippen LogP contribution in [0, 0.1) is 11.6 Å². The van der Waals surface area contributed by atoms with E-state index in [0.717, 1.165) is 16.0 Å². The Bertz CT molecular complexity index is 830. The van der Waals surface area contributed by atoms with E-state index < -0.39 is 17.7 Å². The van der Waals surface area contributed by atoms with E-state index in [1.54, 1.807) is 23.6 Å². The summed E-state index contributed by atoms with van der Waals surface area (Å²) >= 11 is 2.92. The van der Waals surface area contributed by atoms with Gasteiger partial charge in [-0.2, -0.15) is 0 Å². The Morgan fingerprint density at radius 2 is 2.09 bits per heavy atom. The van der Waals surface area contributed by atoms with Gasteiger partial charge >= 0.3 is 0 Å². The van der Waals surface area contributed by atoms with Crippen molar-refractivity contribution in [3.05, 3.63) is 64.0 Å². The van der Waals surface area contributed by atoms with Gasteiger partial charge in [-0.05, 0) is 24.4 Å². The van der Waals surface area contributed by atoms with E-state index >= 15 is 0 Å². The molecule has 0 bridgehead atoms. The zero-order valence-electron chi connectivity index (χ0n) is 12.0. The molecule has 2 heterocycles. The van der Waals surface area contributed by atoms with Crippen LogP contribution in [0.3, 0.4) is 0 Å². The molecule has 0 spiro atoms. The molecule has 7 heteroatoms. The summed E-state index contributed by atoms with van der Waals surface area (Å²) in [6, 6.07) is 6.56. The molecule has 0 aliphatic carbocycles. The summed E-state index contributed by atoms with van der Waals surface area (Å²) < 4.78 is 26.7. The van der Waals surface area contributed by atoms with Gasteiger partial charge in [-0.3, -0.25) is 4.79 Å². The molecule has 0 saturated carbocycles. The number of thiazole rings is 1. The van der Waals surface area contributed by atoms with Crippen LogP contribution in [0.2, 0.25) is 0 Å². The first-order chi connectivity index (χ1) is 11.0. The van der Waals surface area contributed by atoms with Crippen LogP contribution >= 0.6 is 22.7 Å². The molecule has 23 heavy (non-hydrogen) atoms. The van der Waals surface area contributed by atoms with Crippen molar-refractivity contribution in [2.45, 2.75) is 13.0 Å². The summed E-state index contributed by atoms with van der Waals surface area (Å²) in [5, 5.41) is 7.05. The second-order valence-corrected chi connectivity index (χ2v) is 6.68. The van der Waals surface area contributed by atoms with Gasteiger partial charge in [0.25, 0.3) is 5.91 Å². The van der Waals surface area contributed by atoms with Gasteiger partial charge in [-0.25, -0.2) is 13.8 Å². The highest BCUT2D eigenvalue weighted by Gasteiger charge is 2.18. The summed E-state index contributed by atoms with van der Waals surface area (Å²) in [7, 11) is 0. The number of halogens is 2. The number of hydrogen-bond donors (Lipinski definition) is 1. The van der Waals surface area contributed by atoms with Crippen LogP contribution in [0.25, 0.3) is 9.88 Å². The summed E-state index contributed by atoms with van der Waals surface area (Å²) in [6.45, 7) is 1.64. The van der Waals surface area contributed by atoms with Crippen LogP contribution in [0.4, 0.5) is 8.78 Å². The molecule has 1 aromatic carbocycles. The van der Waals surface area contributed by atoms with E-state index in [0.29, 0.717) is 0 Å². The average Bonchev–Trinajstić information content (AvgIpc) is 3.18. The minimum absolute atomic E-state index is 0.230. The summed E-state index contributed by atoms with van der Waals surface area (Å²) in [6.07, 6.45) is 0. The summed E-state index contributed by atoms with van der Waals surface area (Å²) in [4.78, 5) is 17.5. The number of carbonyl (C=O) groups is 1. The lowest BCUT2D eigenvalue weighted by Gasteiger charge is -2.14. The van der Waals surface area contributed by atoms with Crippen molar-refractivity contribution in [2.24, 2.45) is 0 Å². The maximum Gasteiger partial charge on any atom is 0.271 e. The topological polar surface area (TPSA) is 42.0 Å². The summed E-state index contributed by atoms with van der Waals surface area (Å²) in [5.41, 5.74) is 0.515. The van der Waals surface area contributed by atoms with Crippen LogP contribution in [0.1, 0.15) is 29.0 Å². The molecular weight excluding hydrogens is 338 g/mol. The number of benzene rings is 1. The predicted octanol–water partition coefficient (Wildman–Crippen LogP) is 4.64. The Balaban J connectivity index is 1.74. The van der Waals surface area contributed by atoms with E-state index in [4.69, 9.17) is 0 Å². The lowest BCUT2D eigenvalue weighted by atomic mass is 10.1. The van der Waals surface area contributed by atoms with Crippen molar-refractivity contribution < 1.29 is 13.6 Å². The standard InChI is InChI=1S/C16H12F2N2OS2/c1-9(11-5-4-10(17)7-12(11)18)19-15(21)13-8-23-16(20-13)14-3-2-6-22-14/h2-9H,1H3,(H,19,21). The lowest BCUT2D eigenvalue weighted by Crippen LogP contribution is -2.27. The number of thiophene rings is 1. The molecule has 1 atom stereocenters. The molecule has 0 saturated heterocycles. The molecular formula is C16H12F2N2OS2. The zero-order valence-corrected chi connectivity index (χ0v) is 13.7. The molecule has 3 nitrogen and oxygen atoms in total. The van der Waals surface area contributed by atoms with Gasteiger partial charge in [0.05, 0.1) is 10.9 Å². The van der Waals surface area contributed by atoms with E-state index in [9.17, 15) is 13.6 Å². The van der Waals surface area contributed by atoms with Crippen molar-refractivity contribution in [3.8, 4) is 9.88 Å². The van der Waals surface area contributed by atoms with Gasteiger partial charge < -0.3 is 5.32 Å². The molecule has 3 aromatic rings. The van der Waals surface area contributed by atoms with Gasteiger partial charge in [0.15, 0.2) is 0 Å². The van der Waals surface area contributed by atoms with E-state index in [2.05, 4.69) is 10.3 Å². The average molecular weight is 350 g/mol. The largest absolute Gasteiger partial charge is 0.344 e. The Kier molecular flexibility index (Phi) is 4.49. The van der Waals surface area contributed by atoms with Crippen LogP contribution in [-0.2, 0) is 0 Å². The Morgan fingerprint density at radius 3 is 2.78 bits per heavy atom. The fraction of sp³-hybridized carbons (Fsp3) is 0.125. The number of amides is 1. The lowest BCUT2D eigenvalue weighted by molar-refractivity contribution is 0.0935. The zero-order chi connectivity index (χ0) is 16.4. The Morgan fingerprint density at radius 1 is 1.26 bits per heavy atom. The maximum atomic E-state index is 13.7. The minimum Gasteiger partial charge on any atom is -0.344 e.